The Balaban J connectivity index is 2.37. The summed E-state index contributed by atoms with van der Waals surface area (Å²) in [6, 6.07) is 4.60. The summed E-state index contributed by atoms with van der Waals surface area (Å²) in [5.74, 6) is 0.619. The Hall–Kier alpha value is -2.52. The minimum atomic E-state index is -3.94. The van der Waals surface area contributed by atoms with Gasteiger partial charge in [-0.05, 0) is 24.1 Å². The van der Waals surface area contributed by atoms with Gasteiger partial charge in [-0.15, -0.1) is 10.2 Å². The lowest BCUT2D eigenvalue weighted by Crippen LogP contribution is -2.14. The molecule has 0 aliphatic rings. The van der Waals surface area contributed by atoms with Crippen LogP contribution in [0.5, 0.6) is 0 Å². The number of nitrogens with two attached hydrogens (primary N) is 1. The van der Waals surface area contributed by atoms with Crippen molar-refractivity contribution in [2.75, 3.05) is 0 Å². The van der Waals surface area contributed by atoms with E-state index in [0.29, 0.717) is 34.8 Å². The van der Waals surface area contributed by atoms with E-state index in [0.717, 1.165) is 6.42 Å². The molecule has 0 bridgehead atoms. The van der Waals surface area contributed by atoms with Crippen molar-refractivity contribution in [3.63, 3.8) is 0 Å². The molecule has 0 amide bonds. The van der Waals surface area contributed by atoms with Crippen molar-refractivity contribution in [1.29, 1.82) is 0 Å². The van der Waals surface area contributed by atoms with Crippen molar-refractivity contribution in [3.05, 3.63) is 36.4 Å². The normalized spacial score (nSPS) is 11.7. The van der Waals surface area contributed by atoms with Gasteiger partial charge in [0.15, 0.2) is 5.76 Å². The molecule has 23 heavy (non-hydrogen) atoms. The quantitative estimate of drug-likeness (QED) is 0.756. The van der Waals surface area contributed by atoms with Crippen LogP contribution in [-0.4, -0.2) is 23.8 Å². The Morgan fingerprint density at radius 1 is 1.26 bits per heavy atom. The molecule has 0 spiro atoms. The van der Waals surface area contributed by atoms with E-state index in [9.17, 15) is 8.42 Å². The Morgan fingerprint density at radius 3 is 2.65 bits per heavy atom. The molecular formula is C14H14N4O4S. The number of sulfonamides is 1. The third-order valence-corrected chi connectivity index (χ3v) is 4.31. The van der Waals surface area contributed by atoms with Crippen molar-refractivity contribution >= 4 is 10.0 Å². The molecule has 0 atom stereocenters. The van der Waals surface area contributed by atoms with Crippen LogP contribution in [-0.2, 0) is 16.4 Å². The van der Waals surface area contributed by atoms with Gasteiger partial charge in [-0.1, -0.05) is 18.5 Å². The number of hydrogen-bond donors (Lipinski definition) is 1. The zero-order valence-corrected chi connectivity index (χ0v) is 13.1. The monoisotopic (exact) mass is 334 g/mol. The summed E-state index contributed by atoms with van der Waals surface area (Å²) in [5, 5.41) is 16.6. The molecule has 1 aromatic carbocycles. The van der Waals surface area contributed by atoms with Gasteiger partial charge >= 0.3 is 0 Å². The summed E-state index contributed by atoms with van der Waals surface area (Å²) in [6.45, 7) is 1.98. The highest BCUT2D eigenvalue weighted by Gasteiger charge is 2.25. The lowest BCUT2D eigenvalue weighted by Gasteiger charge is -2.14. The minimum absolute atomic E-state index is 0.0269. The smallest absolute Gasteiger partial charge is 0.247 e. The van der Waals surface area contributed by atoms with E-state index in [1.54, 1.807) is 12.1 Å². The standard InChI is InChI=1S/C14H14N4O4S/c1-2-3-9-10(14-18-16-8-21-14)4-5-12(23(15,19)20)13(9)11-6-7-17-22-11/h4-8H,2-3H2,1H3,(H2,15,19,20). The summed E-state index contributed by atoms with van der Waals surface area (Å²) < 4.78 is 34.4. The Morgan fingerprint density at radius 2 is 2.09 bits per heavy atom. The zero-order valence-electron chi connectivity index (χ0n) is 12.3. The Labute approximate surface area is 132 Å². The van der Waals surface area contributed by atoms with Crippen molar-refractivity contribution in [2.45, 2.75) is 24.7 Å². The first-order chi connectivity index (χ1) is 11.0. The average Bonchev–Trinajstić information content (AvgIpc) is 3.19. The number of benzene rings is 1. The molecule has 0 unspecified atom stereocenters. The van der Waals surface area contributed by atoms with Gasteiger partial charge in [0, 0.05) is 17.2 Å². The number of rotatable bonds is 5. The third kappa shape index (κ3) is 2.88. The maximum Gasteiger partial charge on any atom is 0.247 e. The summed E-state index contributed by atoms with van der Waals surface area (Å²) in [7, 11) is -3.94. The van der Waals surface area contributed by atoms with Crippen molar-refractivity contribution in [2.24, 2.45) is 5.14 Å². The molecule has 0 saturated carbocycles. The summed E-state index contributed by atoms with van der Waals surface area (Å²) in [6.07, 6.45) is 4.01. The van der Waals surface area contributed by atoms with Crippen LogP contribution >= 0.6 is 0 Å². The predicted molar refractivity (Wildman–Crippen MR) is 80.6 cm³/mol. The van der Waals surface area contributed by atoms with Crippen molar-refractivity contribution in [3.8, 4) is 22.8 Å². The molecule has 9 heteroatoms. The van der Waals surface area contributed by atoms with Crippen LogP contribution in [0.15, 0.2) is 44.6 Å². The van der Waals surface area contributed by atoms with Crippen LogP contribution < -0.4 is 5.14 Å². The van der Waals surface area contributed by atoms with Gasteiger partial charge in [0.05, 0.1) is 11.1 Å². The minimum Gasteiger partial charge on any atom is -0.423 e. The second-order valence-electron chi connectivity index (χ2n) is 4.88. The van der Waals surface area contributed by atoms with Crippen LogP contribution in [0.4, 0.5) is 0 Å². The van der Waals surface area contributed by atoms with Crippen LogP contribution in [0.2, 0.25) is 0 Å². The van der Waals surface area contributed by atoms with E-state index in [1.165, 1.54) is 18.7 Å². The summed E-state index contributed by atoms with van der Waals surface area (Å²) in [4.78, 5) is -0.0269. The van der Waals surface area contributed by atoms with E-state index < -0.39 is 10.0 Å². The number of nitrogens with zero attached hydrogens (tertiary/aromatic N) is 3. The molecule has 0 aliphatic heterocycles. The average molecular weight is 334 g/mol. The maximum atomic E-state index is 12.0. The highest BCUT2D eigenvalue weighted by Crippen LogP contribution is 2.37. The number of hydrogen-bond acceptors (Lipinski definition) is 7. The van der Waals surface area contributed by atoms with Crippen molar-refractivity contribution < 1.29 is 17.4 Å². The molecule has 3 aromatic rings. The highest BCUT2D eigenvalue weighted by molar-refractivity contribution is 7.89. The largest absolute Gasteiger partial charge is 0.423 e. The Bertz CT molecular complexity index is 903. The molecule has 0 fully saturated rings. The second-order valence-corrected chi connectivity index (χ2v) is 6.41. The zero-order chi connectivity index (χ0) is 16.4. The van der Waals surface area contributed by atoms with Crippen LogP contribution in [0.3, 0.4) is 0 Å². The second kappa shape index (κ2) is 5.94. The van der Waals surface area contributed by atoms with Gasteiger partial charge in [-0.25, -0.2) is 13.6 Å². The van der Waals surface area contributed by atoms with Crippen LogP contribution in [0, 0.1) is 0 Å². The van der Waals surface area contributed by atoms with Gasteiger partial charge in [-0.2, -0.15) is 0 Å². The van der Waals surface area contributed by atoms with E-state index in [1.807, 2.05) is 6.92 Å². The highest BCUT2D eigenvalue weighted by atomic mass is 32.2. The lowest BCUT2D eigenvalue weighted by atomic mass is 9.95. The molecular weight excluding hydrogens is 320 g/mol. The van der Waals surface area contributed by atoms with Crippen LogP contribution in [0.1, 0.15) is 18.9 Å². The first kappa shape index (κ1) is 15.4. The predicted octanol–water partition coefficient (Wildman–Crippen LogP) is 1.99. The van der Waals surface area contributed by atoms with Crippen LogP contribution in [0.25, 0.3) is 22.8 Å². The van der Waals surface area contributed by atoms with Gasteiger partial charge < -0.3 is 8.94 Å². The molecule has 2 N–H and O–H groups in total. The van der Waals surface area contributed by atoms with E-state index >= 15 is 0 Å². The maximum absolute atomic E-state index is 12.0. The molecule has 2 heterocycles. The summed E-state index contributed by atoms with van der Waals surface area (Å²) in [5.41, 5.74) is 1.73. The molecule has 0 radical (unpaired) electrons. The fourth-order valence-corrected chi connectivity index (χ4v) is 3.24. The van der Waals surface area contributed by atoms with E-state index in [4.69, 9.17) is 14.1 Å². The molecule has 2 aromatic heterocycles. The summed E-state index contributed by atoms with van der Waals surface area (Å²) >= 11 is 0. The molecule has 3 rings (SSSR count). The molecule has 120 valence electrons. The molecule has 8 nitrogen and oxygen atoms in total. The third-order valence-electron chi connectivity index (χ3n) is 3.36. The SMILES string of the molecule is CCCc1c(-c2nnco2)ccc(S(N)(=O)=O)c1-c1ccno1. The molecule has 0 saturated heterocycles. The van der Waals surface area contributed by atoms with Gasteiger partial charge in [0.1, 0.15) is 0 Å². The number of primary sulfonamides is 1. The topological polar surface area (TPSA) is 125 Å². The Kier molecular flexibility index (Phi) is 3.97. The van der Waals surface area contributed by atoms with Gasteiger partial charge in [0.25, 0.3) is 0 Å². The van der Waals surface area contributed by atoms with Crippen molar-refractivity contribution in [1.82, 2.24) is 15.4 Å². The van der Waals surface area contributed by atoms with E-state index in [2.05, 4.69) is 15.4 Å². The fourth-order valence-electron chi connectivity index (χ4n) is 2.48. The van der Waals surface area contributed by atoms with E-state index in [-0.39, 0.29) is 4.90 Å². The first-order valence-electron chi connectivity index (χ1n) is 6.88. The first-order valence-corrected chi connectivity index (χ1v) is 8.43. The number of aromatic nitrogens is 3. The van der Waals surface area contributed by atoms with Gasteiger partial charge in [0.2, 0.25) is 22.3 Å². The fraction of sp³-hybridized carbons (Fsp3) is 0.214. The lowest BCUT2D eigenvalue weighted by molar-refractivity contribution is 0.431. The molecule has 0 aliphatic carbocycles. The van der Waals surface area contributed by atoms with Gasteiger partial charge in [-0.3, -0.25) is 0 Å².